The standard InChI is InChI=1S/C60H116O17P2/c1-7-9-11-13-15-16-17-18-19-20-21-23-32-38-44-59(64)76-55(49-71-58(63)43-37-31-26-24-28-34-40-52(3)4)50-74-78(66,67)72-46-54(61)47-73-79(68,69)75-51-56(48-70-57(62)42-36-30-22-14-12-10-8-2)77-60(65)45-39-33-27-25-29-35-41-53(5)6/h52-56,61H,7-51H2,1-6H3,(H,66,67)(H,68,69)/t54-,55-,56-/m1/s1. The third kappa shape index (κ3) is 55.0. The number of unbranched alkanes of at least 4 members (excludes halogenated alkanes) is 29. The third-order valence-electron chi connectivity index (χ3n) is 13.7. The van der Waals surface area contributed by atoms with Gasteiger partial charge in [0.05, 0.1) is 26.4 Å². The van der Waals surface area contributed by atoms with Crippen LogP contribution in [0.25, 0.3) is 0 Å². The number of phosphoric ester groups is 2. The highest BCUT2D eigenvalue weighted by Gasteiger charge is 2.30. The zero-order valence-electron chi connectivity index (χ0n) is 50.7. The fourth-order valence-electron chi connectivity index (χ4n) is 8.82. The summed E-state index contributed by atoms with van der Waals surface area (Å²) in [5, 5.41) is 10.5. The number of rotatable bonds is 59. The molecule has 0 spiro atoms. The summed E-state index contributed by atoms with van der Waals surface area (Å²) < 4.78 is 67.7. The summed E-state index contributed by atoms with van der Waals surface area (Å²) in [6.07, 6.45) is 33.9. The molecule has 0 aliphatic rings. The topological polar surface area (TPSA) is 237 Å². The highest BCUT2D eigenvalue weighted by molar-refractivity contribution is 7.47. The molecule has 0 aliphatic heterocycles. The predicted molar refractivity (Wildman–Crippen MR) is 312 cm³/mol. The second-order valence-corrected chi connectivity index (χ2v) is 25.6. The molecule has 0 aromatic rings. The Balaban J connectivity index is 5.20. The molecule has 2 unspecified atom stereocenters. The Morgan fingerprint density at radius 2 is 0.582 bits per heavy atom. The van der Waals surface area contributed by atoms with Crippen LogP contribution in [0.4, 0.5) is 0 Å². The largest absolute Gasteiger partial charge is 0.472 e. The molecule has 0 heterocycles. The number of aliphatic hydroxyl groups is 1. The lowest BCUT2D eigenvalue weighted by atomic mass is 10.0. The molecule has 468 valence electrons. The van der Waals surface area contributed by atoms with Crippen LogP contribution in [0, 0.1) is 11.8 Å². The average molecular weight is 1170 g/mol. The lowest BCUT2D eigenvalue weighted by Crippen LogP contribution is -2.30. The van der Waals surface area contributed by atoms with E-state index in [0.29, 0.717) is 37.5 Å². The van der Waals surface area contributed by atoms with Gasteiger partial charge in [0.15, 0.2) is 12.2 Å². The van der Waals surface area contributed by atoms with E-state index in [2.05, 4.69) is 41.5 Å². The van der Waals surface area contributed by atoms with Crippen LogP contribution < -0.4 is 0 Å². The molecule has 3 N–H and O–H groups in total. The minimum absolute atomic E-state index is 0.101. The van der Waals surface area contributed by atoms with E-state index in [0.717, 1.165) is 109 Å². The highest BCUT2D eigenvalue weighted by Crippen LogP contribution is 2.45. The first-order valence-electron chi connectivity index (χ1n) is 31.5. The van der Waals surface area contributed by atoms with Gasteiger partial charge in [0.1, 0.15) is 19.3 Å². The van der Waals surface area contributed by atoms with Crippen molar-refractivity contribution in [3.63, 3.8) is 0 Å². The number of carbonyl (C=O) groups is 4. The van der Waals surface area contributed by atoms with Gasteiger partial charge in [0, 0.05) is 25.7 Å². The molecule has 0 bridgehead atoms. The molecular weight excluding hydrogens is 1050 g/mol. The van der Waals surface area contributed by atoms with Crippen LogP contribution in [-0.4, -0.2) is 96.7 Å². The third-order valence-corrected chi connectivity index (χ3v) is 15.6. The van der Waals surface area contributed by atoms with Crippen molar-refractivity contribution in [1.29, 1.82) is 0 Å². The summed E-state index contributed by atoms with van der Waals surface area (Å²) in [7, 11) is -9.87. The van der Waals surface area contributed by atoms with E-state index >= 15 is 0 Å². The monoisotopic (exact) mass is 1170 g/mol. The Labute approximate surface area is 479 Å². The first-order chi connectivity index (χ1) is 37.9. The molecule has 0 saturated carbocycles. The summed E-state index contributed by atoms with van der Waals surface area (Å²) in [6.45, 7) is 9.25. The summed E-state index contributed by atoms with van der Waals surface area (Å²) in [5.74, 6) is -0.800. The van der Waals surface area contributed by atoms with Crippen molar-refractivity contribution >= 4 is 39.5 Å². The van der Waals surface area contributed by atoms with E-state index in [1.807, 2.05) is 0 Å². The zero-order valence-corrected chi connectivity index (χ0v) is 52.4. The van der Waals surface area contributed by atoms with E-state index in [-0.39, 0.29) is 25.7 Å². The molecule has 0 saturated heterocycles. The number of ether oxygens (including phenoxy) is 4. The summed E-state index contributed by atoms with van der Waals surface area (Å²) in [6, 6.07) is 0. The predicted octanol–water partition coefficient (Wildman–Crippen LogP) is 16.1. The van der Waals surface area contributed by atoms with Crippen molar-refractivity contribution in [3.8, 4) is 0 Å². The van der Waals surface area contributed by atoms with E-state index in [1.54, 1.807) is 0 Å². The van der Waals surface area contributed by atoms with Gasteiger partial charge in [-0.2, -0.15) is 0 Å². The Kier molecular flexibility index (Phi) is 51.5. The minimum atomic E-state index is -4.94. The van der Waals surface area contributed by atoms with Crippen molar-refractivity contribution < 1.29 is 80.2 Å². The minimum Gasteiger partial charge on any atom is -0.462 e. The van der Waals surface area contributed by atoms with E-state index < -0.39 is 97.5 Å². The smallest absolute Gasteiger partial charge is 0.462 e. The lowest BCUT2D eigenvalue weighted by molar-refractivity contribution is -0.161. The molecule has 0 aromatic carbocycles. The number of esters is 4. The van der Waals surface area contributed by atoms with E-state index in [1.165, 1.54) is 89.9 Å². The summed E-state index contributed by atoms with van der Waals surface area (Å²) in [5.41, 5.74) is 0. The quantitative estimate of drug-likeness (QED) is 0.0222. The zero-order chi connectivity index (χ0) is 58.7. The van der Waals surface area contributed by atoms with Crippen LogP contribution in [0.5, 0.6) is 0 Å². The molecule has 79 heavy (non-hydrogen) atoms. The number of hydrogen-bond donors (Lipinski definition) is 3. The Morgan fingerprint density at radius 1 is 0.342 bits per heavy atom. The van der Waals surface area contributed by atoms with Gasteiger partial charge in [-0.25, -0.2) is 9.13 Å². The van der Waals surface area contributed by atoms with Crippen LogP contribution in [0.1, 0.15) is 292 Å². The van der Waals surface area contributed by atoms with E-state index in [9.17, 15) is 43.2 Å². The SMILES string of the molecule is CCCCCCCCCCCCCCCCC(=O)O[C@H](COC(=O)CCCCCCCCC(C)C)COP(=O)(O)OC[C@@H](O)COP(=O)(O)OC[C@@H](COC(=O)CCCCCCCCC)OC(=O)CCCCCCCCC(C)C. The Hall–Kier alpha value is -1.94. The molecule has 0 rings (SSSR count). The van der Waals surface area contributed by atoms with Crippen molar-refractivity contribution in [3.05, 3.63) is 0 Å². The summed E-state index contributed by atoms with van der Waals surface area (Å²) >= 11 is 0. The number of hydrogen-bond acceptors (Lipinski definition) is 15. The number of carbonyl (C=O) groups excluding carboxylic acids is 4. The maximum atomic E-state index is 12.9. The van der Waals surface area contributed by atoms with Gasteiger partial charge in [0.2, 0.25) is 0 Å². The van der Waals surface area contributed by atoms with Crippen LogP contribution in [0.15, 0.2) is 0 Å². The van der Waals surface area contributed by atoms with Gasteiger partial charge >= 0.3 is 39.5 Å². The first kappa shape index (κ1) is 77.1. The maximum absolute atomic E-state index is 12.9. The average Bonchev–Trinajstić information content (AvgIpc) is 3.40. The molecule has 5 atom stereocenters. The van der Waals surface area contributed by atoms with Crippen LogP contribution in [0.3, 0.4) is 0 Å². The van der Waals surface area contributed by atoms with Gasteiger partial charge < -0.3 is 33.8 Å². The summed E-state index contributed by atoms with van der Waals surface area (Å²) in [4.78, 5) is 71.8. The molecule has 0 amide bonds. The van der Waals surface area contributed by atoms with E-state index in [4.69, 9.17) is 37.0 Å². The molecule has 19 heteroatoms. The van der Waals surface area contributed by atoms with Crippen LogP contribution >= 0.6 is 15.6 Å². The normalized spacial score (nSPS) is 14.4. The van der Waals surface area contributed by atoms with Crippen molar-refractivity contribution in [2.24, 2.45) is 11.8 Å². The second-order valence-electron chi connectivity index (χ2n) is 22.7. The molecular formula is C60H116O17P2. The maximum Gasteiger partial charge on any atom is 0.472 e. The number of phosphoric acid groups is 2. The van der Waals surface area contributed by atoms with Gasteiger partial charge in [0.25, 0.3) is 0 Å². The fraction of sp³-hybridized carbons (Fsp3) is 0.933. The van der Waals surface area contributed by atoms with Gasteiger partial charge in [-0.3, -0.25) is 37.3 Å². The molecule has 0 aliphatic carbocycles. The van der Waals surface area contributed by atoms with Crippen LogP contribution in [-0.2, 0) is 65.4 Å². The molecule has 0 fully saturated rings. The van der Waals surface area contributed by atoms with Crippen LogP contribution in [0.2, 0.25) is 0 Å². The Bertz CT molecular complexity index is 1560. The van der Waals surface area contributed by atoms with Gasteiger partial charge in [-0.05, 0) is 37.5 Å². The molecule has 0 radical (unpaired) electrons. The van der Waals surface area contributed by atoms with Crippen molar-refractivity contribution in [1.82, 2.24) is 0 Å². The Morgan fingerprint density at radius 3 is 0.861 bits per heavy atom. The van der Waals surface area contributed by atoms with Crippen molar-refractivity contribution in [2.45, 2.75) is 310 Å². The fourth-order valence-corrected chi connectivity index (χ4v) is 10.4. The first-order valence-corrected chi connectivity index (χ1v) is 34.5. The molecule has 17 nitrogen and oxygen atoms in total. The van der Waals surface area contributed by atoms with Crippen molar-refractivity contribution in [2.75, 3.05) is 39.6 Å². The second kappa shape index (κ2) is 52.8. The van der Waals surface area contributed by atoms with Gasteiger partial charge in [-0.1, -0.05) is 241 Å². The lowest BCUT2D eigenvalue weighted by Gasteiger charge is -2.21. The number of aliphatic hydroxyl groups excluding tert-OH is 1. The highest BCUT2D eigenvalue weighted by atomic mass is 31.2. The molecule has 0 aromatic heterocycles. The van der Waals surface area contributed by atoms with Gasteiger partial charge in [-0.15, -0.1) is 0 Å².